The highest BCUT2D eigenvalue weighted by Crippen LogP contribution is 2.39. The molecule has 3 aromatic carbocycles. The Hall–Kier alpha value is -2.44. The van der Waals surface area contributed by atoms with E-state index in [0.717, 1.165) is 0 Å². The highest BCUT2D eigenvalue weighted by atomic mass is 31.2. The van der Waals surface area contributed by atoms with Gasteiger partial charge in [0.05, 0.1) is 0 Å². The van der Waals surface area contributed by atoms with E-state index in [9.17, 15) is 9.36 Å². The molecule has 2 nitrogen and oxygen atoms in total. The van der Waals surface area contributed by atoms with E-state index < -0.39 is 7.14 Å². The van der Waals surface area contributed by atoms with Crippen molar-refractivity contribution in [3.63, 3.8) is 0 Å². The van der Waals surface area contributed by atoms with E-state index in [4.69, 9.17) is 0 Å². The lowest BCUT2D eigenvalue weighted by atomic mass is 10.1. The molecule has 0 amide bonds. The number of hydrogen-bond acceptors (Lipinski definition) is 2. The molecular formula is C22H23O2P. The average Bonchev–Trinajstić information content (AvgIpc) is 2.62. The van der Waals surface area contributed by atoms with Crippen molar-refractivity contribution in [1.29, 1.82) is 0 Å². The van der Waals surface area contributed by atoms with Crippen LogP contribution in [-0.4, -0.2) is 6.03 Å². The quantitative estimate of drug-likeness (QED) is 0.502. The van der Waals surface area contributed by atoms with Crippen LogP contribution in [0.5, 0.6) is 0 Å². The van der Waals surface area contributed by atoms with E-state index in [0.29, 0.717) is 16.6 Å². The maximum atomic E-state index is 12.6. The SMILES string of the molecule is Cc1cc(C)cc(C)c1.O=CP(=O)(c1ccccc1)c1ccccc1. The number of rotatable bonds is 3. The average molecular weight is 350 g/mol. The number of carbonyl (C=O) groups is 1. The predicted molar refractivity (Wildman–Crippen MR) is 107 cm³/mol. The molecule has 0 aliphatic heterocycles. The largest absolute Gasteiger partial charge is 0.306 e. The molecule has 0 radical (unpaired) electrons. The fraction of sp³-hybridized carbons (Fsp3) is 0.136. The highest BCUT2D eigenvalue weighted by molar-refractivity contribution is 7.91. The summed E-state index contributed by atoms with van der Waals surface area (Å²) in [5.41, 5.74) is 4.06. The summed E-state index contributed by atoms with van der Waals surface area (Å²) < 4.78 is 12.6. The van der Waals surface area contributed by atoms with Crippen LogP contribution in [0.1, 0.15) is 16.7 Å². The normalized spacial score (nSPS) is 10.5. The standard InChI is InChI=1S/C13H11O2P.C9H12/c14-11-16(15,12-7-3-1-4-8-12)13-9-5-2-6-10-13;1-7-4-8(2)6-9(3)5-7/h1-11H;4-6H,1-3H3. The molecule has 3 aromatic rings. The van der Waals surface area contributed by atoms with Gasteiger partial charge in [-0.05, 0) is 20.8 Å². The fourth-order valence-electron chi connectivity index (χ4n) is 2.77. The molecule has 0 spiro atoms. The molecule has 0 atom stereocenters. The highest BCUT2D eigenvalue weighted by Gasteiger charge is 2.25. The fourth-order valence-corrected chi connectivity index (χ4v) is 4.54. The van der Waals surface area contributed by atoms with Crippen LogP contribution in [0.3, 0.4) is 0 Å². The molecule has 0 aromatic heterocycles. The monoisotopic (exact) mass is 350 g/mol. The molecule has 0 fully saturated rings. The number of aryl methyl sites for hydroxylation is 3. The van der Waals surface area contributed by atoms with Crippen molar-refractivity contribution in [3.8, 4) is 0 Å². The van der Waals surface area contributed by atoms with Crippen LogP contribution in [0, 0.1) is 20.8 Å². The van der Waals surface area contributed by atoms with Crippen molar-refractivity contribution in [1.82, 2.24) is 0 Å². The molecule has 3 rings (SSSR count). The van der Waals surface area contributed by atoms with E-state index in [1.54, 1.807) is 48.5 Å². The zero-order chi connectivity index (χ0) is 18.3. The summed E-state index contributed by atoms with van der Waals surface area (Å²) in [6.07, 6.45) is 0. The molecule has 0 saturated carbocycles. The van der Waals surface area contributed by atoms with Gasteiger partial charge in [0.2, 0.25) is 7.14 Å². The zero-order valence-electron chi connectivity index (χ0n) is 14.8. The van der Waals surface area contributed by atoms with Gasteiger partial charge >= 0.3 is 0 Å². The summed E-state index contributed by atoms with van der Waals surface area (Å²) in [5, 5.41) is 1.16. The molecule has 0 N–H and O–H groups in total. The van der Waals surface area contributed by atoms with Gasteiger partial charge in [0.25, 0.3) is 0 Å². The Morgan fingerprint density at radius 3 is 1.24 bits per heavy atom. The summed E-state index contributed by atoms with van der Waals surface area (Å²) >= 11 is 0. The molecule has 0 bridgehead atoms. The van der Waals surface area contributed by atoms with Crippen molar-refractivity contribution in [2.24, 2.45) is 0 Å². The van der Waals surface area contributed by atoms with Crippen molar-refractivity contribution in [3.05, 3.63) is 95.6 Å². The Morgan fingerprint density at radius 2 is 0.960 bits per heavy atom. The minimum absolute atomic E-state index is 0.567. The van der Waals surface area contributed by atoms with Crippen molar-refractivity contribution in [2.45, 2.75) is 20.8 Å². The molecule has 0 unspecified atom stereocenters. The first-order chi connectivity index (χ1) is 12.0. The van der Waals surface area contributed by atoms with Crippen LogP contribution in [-0.2, 0) is 9.36 Å². The van der Waals surface area contributed by atoms with Crippen LogP contribution in [0.25, 0.3) is 0 Å². The van der Waals surface area contributed by atoms with Gasteiger partial charge in [-0.15, -0.1) is 0 Å². The second-order valence-corrected chi connectivity index (χ2v) is 8.66. The number of benzene rings is 3. The van der Waals surface area contributed by atoms with E-state index in [1.807, 2.05) is 12.1 Å². The van der Waals surface area contributed by atoms with E-state index >= 15 is 0 Å². The molecule has 0 aliphatic rings. The van der Waals surface area contributed by atoms with Gasteiger partial charge in [0.15, 0.2) is 6.03 Å². The lowest BCUT2D eigenvalue weighted by molar-refractivity contribution is 0.557. The Kier molecular flexibility index (Phi) is 6.50. The van der Waals surface area contributed by atoms with E-state index in [-0.39, 0.29) is 0 Å². The van der Waals surface area contributed by atoms with Crippen molar-refractivity contribution in [2.75, 3.05) is 0 Å². The zero-order valence-corrected chi connectivity index (χ0v) is 15.7. The van der Waals surface area contributed by atoms with Crippen LogP contribution in [0.4, 0.5) is 0 Å². The molecule has 3 heteroatoms. The Balaban J connectivity index is 0.000000212. The van der Waals surface area contributed by atoms with E-state index in [1.165, 1.54) is 16.7 Å². The third-order valence-corrected chi connectivity index (χ3v) is 6.22. The molecule has 25 heavy (non-hydrogen) atoms. The van der Waals surface area contributed by atoms with Gasteiger partial charge in [0, 0.05) is 10.6 Å². The Bertz CT molecular complexity index is 777. The van der Waals surface area contributed by atoms with Gasteiger partial charge in [-0.3, -0.25) is 4.79 Å². The van der Waals surface area contributed by atoms with Gasteiger partial charge in [-0.1, -0.05) is 95.6 Å². The van der Waals surface area contributed by atoms with Crippen LogP contribution in [0.2, 0.25) is 0 Å². The van der Waals surface area contributed by atoms with Gasteiger partial charge < -0.3 is 4.57 Å². The first-order valence-corrected chi connectivity index (χ1v) is 9.95. The Labute approximate surface area is 149 Å². The summed E-state index contributed by atoms with van der Waals surface area (Å²) in [7, 11) is -3.09. The predicted octanol–water partition coefficient (Wildman–Crippen LogP) is 4.80. The minimum atomic E-state index is -3.09. The van der Waals surface area contributed by atoms with Crippen LogP contribution in [0.15, 0.2) is 78.9 Å². The lowest BCUT2D eigenvalue weighted by Crippen LogP contribution is -2.16. The van der Waals surface area contributed by atoms with E-state index in [2.05, 4.69) is 39.0 Å². The molecule has 0 saturated heterocycles. The van der Waals surface area contributed by atoms with Crippen LogP contribution >= 0.6 is 7.14 Å². The third-order valence-electron chi connectivity index (χ3n) is 3.79. The number of carbonyl (C=O) groups excluding carboxylic acids is 1. The molecule has 0 aliphatic carbocycles. The van der Waals surface area contributed by atoms with Crippen LogP contribution < -0.4 is 10.6 Å². The maximum Gasteiger partial charge on any atom is 0.201 e. The molecular weight excluding hydrogens is 327 g/mol. The summed E-state index contributed by atoms with van der Waals surface area (Å²) in [6.45, 7) is 6.38. The summed E-state index contributed by atoms with van der Waals surface area (Å²) in [4.78, 5) is 11.2. The summed E-state index contributed by atoms with van der Waals surface area (Å²) in [6, 6.07) is 24.8. The summed E-state index contributed by atoms with van der Waals surface area (Å²) in [5.74, 6) is 0. The third kappa shape index (κ3) is 5.01. The first kappa shape index (κ1) is 18.9. The maximum absolute atomic E-state index is 12.6. The second-order valence-electron chi connectivity index (χ2n) is 6.10. The molecule has 0 heterocycles. The Morgan fingerprint density at radius 1 is 0.640 bits per heavy atom. The van der Waals surface area contributed by atoms with Crippen molar-refractivity contribution < 1.29 is 9.36 Å². The van der Waals surface area contributed by atoms with Gasteiger partial charge in [-0.25, -0.2) is 0 Å². The topological polar surface area (TPSA) is 34.1 Å². The first-order valence-electron chi connectivity index (χ1n) is 8.18. The number of hydrogen-bond donors (Lipinski definition) is 0. The van der Waals surface area contributed by atoms with Crippen molar-refractivity contribution >= 4 is 23.8 Å². The second kappa shape index (κ2) is 8.60. The minimum Gasteiger partial charge on any atom is -0.306 e. The molecule has 128 valence electrons. The lowest BCUT2D eigenvalue weighted by Gasteiger charge is -2.11. The van der Waals surface area contributed by atoms with Gasteiger partial charge in [0.1, 0.15) is 0 Å². The smallest absolute Gasteiger partial charge is 0.201 e. The van der Waals surface area contributed by atoms with Gasteiger partial charge in [-0.2, -0.15) is 0 Å².